The van der Waals surface area contributed by atoms with E-state index in [0.29, 0.717) is 0 Å². The number of anilines is 1. The number of ether oxygens (including phenoxy) is 1. The van der Waals surface area contributed by atoms with E-state index in [0.717, 1.165) is 0 Å². The van der Waals surface area contributed by atoms with Crippen molar-refractivity contribution in [3.63, 3.8) is 0 Å². The van der Waals surface area contributed by atoms with Crippen LogP contribution in [0, 0.1) is 0 Å². The Labute approximate surface area is 129 Å². The molecule has 0 spiro atoms. The third-order valence-electron chi connectivity index (χ3n) is 2.64. The predicted octanol–water partition coefficient (Wildman–Crippen LogP) is -3.37. The Kier molecular flexibility index (Phi) is 6.61. The van der Waals surface area contributed by atoms with Crippen LogP contribution in [0.25, 0.3) is 0 Å². The van der Waals surface area contributed by atoms with E-state index in [1.165, 1.54) is 6.33 Å². The zero-order valence-electron chi connectivity index (χ0n) is 11.5. The minimum absolute atomic E-state index is 0.0926. The van der Waals surface area contributed by atoms with Gasteiger partial charge in [-0.1, -0.05) is 0 Å². The molecule has 13 nitrogen and oxygen atoms in total. The Balaban J connectivity index is 0.000000253. The van der Waals surface area contributed by atoms with Gasteiger partial charge in [0.25, 0.3) is 5.91 Å². The fraction of sp³-hybridized carbons (Fsp3) is 0.556. The summed E-state index contributed by atoms with van der Waals surface area (Å²) in [6.45, 7) is -0.584. The van der Waals surface area contributed by atoms with Gasteiger partial charge in [0.05, 0.1) is 12.9 Å². The summed E-state index contributed by atoms with van der Waals surface area (Å²) in [5, 5.41) is 26.9. The molecule has 10 N–H and O–H groups in total. The lowest BCUT2D eigenvalue weighted by Crippen LogP contribution is -2.34. The number of aromatic amines is 1. The predicted molar refractivity (Wildman–Crippen MR) is 72.4 cm³/mol. The molecule has 0 aliphatic carbocycles. The molecule has 14 heteroatoms. The van der Waals surface area contributed by atoms with Crippen molar-refractivity contribution in [2.24, 2.45) is 5.73 Å². The Morgan fingerprint density at radius 1 is 1.43 bits per heavy atom. The first-order valence-corrected chi connectivity index (χ1v) is 7.55. The molecule has 0 saturated carbocycles. The van der Waals surface area contributed by atoms with E-state index < -0.39 is 44.9 Å². The zero-order valence-corrected chi connectivity index (χ0v) is 12.4. The maximum Gasteiger partial charge on any atom is 0.472 e. The minimum Gasteiger partial charge on any atom is -0.394 e. The molecule has 1 fully saturated rings. The molecule has 0 aromatic carbocycles. The van der Waals surface area contributed by atoms with E-state index in [2.05, 4.69) is 19.2 Å². The van der Waals surface area contributed by atoms with Crippen LogP contribution in [-0.2, 0) is 13.8 Å². The van der Waals surface area contributed by atoms with Crippen molar-refractivity contribution in [3.05, 3.63) is 12.0 Å². The Bertz CT molecular complexity index is 575. The highest BCUT2D eigenvalue weighted by Crippen LogP contribution is 2.40. The van der Waals surface area contributed by atoms with Crippen LogP contribution in [0.3, 0.4) is 0 Å². The summed E-state index contributed by atoms with van der Waals surface area (Å²) in [5.41, 5.74) is 10.2. The van der Waals surface area contributed by atoms with Gasteiger partial charge in [0.15, 0.2) is 12.0 Å². The van der Waals surface area contributed by atoms with Gasteiger partial charge in [-0.25, -0.2) is 9.55 Å². The molecule has 1 saturated heterocycles. The summed E-state index contributed by atoms with van der Waals surface area (Å²) in [5.74, 6) is -0.406. The number of carbonyl (C=O) groups excluding carboxylic acids is 1. The largest absolute Gasteiger partial charge is 0.472 e. The number of aliphatic hydroxyl groups is 3. The highest BCUT2D eigenvalue weighted by Gasteiger charge is 2.45. The number of H-pyrrole nitrogens is 1. The first kappa shape index (κ1) is 19.5. The van der Waals surface area contributed by atoms with Crippen LogP contribution in [0.1, 0.15) is 10.5 Å². The number of imidazole rings is 1. The number of phosphoric ester groups is 1. The molecule has 2 heterocycles. The lowest BCUT2D eigenvalue weighted by molar-refractivity contribution is -0.126. The molecule has 1 aliphatic rings. The fourth-order valence-electron chi connectivity index (χ4n) is 1.59. The third kappa shape index (κ3) is 5.53. The Morgan fingerprint density at radius 2 is 2.04 bits per heavy atom. The SMILES string of the molecule is NC(=O)c1nc[nH]c1N.O=P(O)(O)OC1O[C@H](CO)[C@@H](O)[C@H]1O. The van der Waals surface area contributed by atoms with E-state index in [1.807, 2.05) is 0 Å². The fourth-order valence-corrected chi connectivity index (χ4v) is 2.03. The van der Waals surface area contributed by atoms with Gasteiger partial charge in [0.2, 0.25) is 0 Å². The average Bonchev–Trinajstić information content (AvgIpc) is 2.97. The van der Waals surface area contributed by atoms with Gasteiger partial charge in [0, 0.05) is 0 Å². The second kappa shape index (κ2) is 7.81. The van der Waals surface area contributed by atoms with E-state index in [1.54, 1.807) is 0 Å². The second-order valence-corrected chi connectivity index (χ2v) is 5.52. The summed E-state index contributed by atoms with van der Waals surface area (Å²) in [7, 11) is -4.79. The first-order valence-electron chi connectivity index (χ1n) is 6.02. The molecule has 1 aromatic heterocycles. The molecular weight excluding hydrogens is 339 g/mol. The quantitative estimate of drug-likeness (QED) is 0.248. The number of hydrogen-bond donors (Lipinski definition) is 8. The van der Waals surface area contributed by atoms with Gasteiger partial charge in [-0.2, -0.15) is 0 Å². The van der Waals surface area contributed by atoms with E-state index in [4.69, 9.17) is 36.6 Å². The number of aromatic nitrogens is 2. The summed E-state index contributed by atoms with van der Waals surface area (Å²) < 4.78 is 19.1. The van der Waals surface area contributed by atoms with Crippen molar-refractivity contribution in [1.29, 1.82) is 0 Å². The molecule has 0 radical (unpaired) electrons. The van der Waals surface area contributed by atoms with Crippen LogP contribution >= 0.6 is 7.82 Å². The maximum atomic E-state index is 10.4. The number of hydrogen-bond acceptors (Lipinski definition) is 9. The molecule has 23 heavy (non-hydrogen) atoms. The lowest BCUT2D eigenvalue weighted by Gasteiger charge is -2.15. The number of amides is 1. The van der Waals surface area contributed by atoms with Crippen LogP contribution in [0.5, 0.6) is 0 Å². The molecule has 4 atom stereocenters. The number of primary amides is 1. The van der Waals surface area contributed by atoms with Crippen molar-refractivity contribution in [1.82, 2.24) is 9.97 Å². The van der Waals surface area contributed by atoms with E-state index in [9.17, 15) is 9.36 Å². The van der Waals surface area contributed by atoms with Crippen LogP contribution in [-0.4, -0.2) is 72.2 Å². The van der Waals surface area contributed by atoms with Crippen molar-refractivity contribution < 1.29 is 43.7 Å². The van der Waals surface area contributed by atoms with Crippen molar-refractivity contribution >= 4 is 19.5 Å². The van der Waals surface area contributed by atoms with Gasteiger partial charge in [-0.3, -0.25) is 9.32 Å². The molecule has 1 unspecified atom stereocenters. The molecule has 2 rings (SSSR count). The van der Waals surface area contributed by atoms with Gasteiger partial charge in [-0.05, 0) is 0 Å². The Morgan fingerprint density at radius 3 is 2.35 bits per heavy atom. The summed E-state index contributed by atoms with van der Waals surface area (Å²) in [6, 6.07) is 0. The molecular formula is C9H17N4O9P. The number of nitrogens with one attached hydrogen (secondary N) is 1. The topological polar surface area (TPSA) is 234 Å². The zero-order chi connectivity index (χ0) is 17.8. The number of aliphatic hydroxyl groups excluding tert-OH is 3. The standard InChI is InChI=1S/C5H11O8P.C4H6N4O/c6-1-2-3(7)4(8)5(12-2)13-14(9,10)11;5-3-2(4(6)9)7-1-8-3/h2-8H,1H2,(H2,9,10,11);1H,5H2,(H2,6,9)(H,7,8)/t2-,3-,4-,5?;/m1./s1. The van der Waals surface area contributed by atoms with Crippen LogP contribution < -0.4 is 11.5 Å². The van der Waals surface area contributed by atoms with Crippen molar-refractivity contribution in [2.75, 3.05) is 12.3 Å². The monoisotopic (exact) mass is 356 g/mol. The smallest absolute Gasteiger partial charge is 0.394 e. The number of rotatable bonds is 4. The minimum atomic E-state index is -4.79. The van der Waals surface area contributed by atoms with Crippen LogP contribution in [0.2, 0.25) is 0 Å². The third-order valence-corrected chi connectivity index (χ3v) is 3.12. The number of carbonyl (C=O) groups is 1. The number of nitrogens with two attached hydrogens (primary N) is 2. The van der Waals surface area contributed by atoms with Crippen molar-refractivity contribution in [3.8, 4) is 0 Å². The van der Waals surface area contributed by atoms with Crippen molar-refractivity contribution in [2.45, 2.75) is 24.6 Å². The molecule has 1 aliphatic heterocycles. The van der Waals surface area contributed by atoms with Crippen LogP contribution in [0.15, 0.2) is 6.33 Å². The van der Waals surface area contributed by atoms with Gasteiger partial charge in [0.1, 0.15) is 24.1 Å². The summed E-state index contributed by atoms with van der Waals surface area (Å²) in [4.78, 5) is 33.2. The first-order chi connectivity index (χ1) is 10.6. The number of nitrogens with zero attached hydrogens (tertiary/aromatic N) is 1. The lowest BCUT2D eigenvalue weighted by atomic mass is 10.1. The van der Waals surface area contributed by atoms with E-state index in [-0.39, 0.29) is 11.5 Å². The molecule has 1 aromatic rings. The summed E-state index contributed by atoms with van der Waals surface area (Å²) >= 11 is 0. The summed E-state index contributed by atoms with van der Waals surface area (Å²) in [6.07, 6.45) is -4.46. The highest BCUT2D eigenvalue weighted by molar-refractivity contribution is 7.46. The van der Waals surface area contributed by atoms with Gasteiger partial charge >= 0.3 is 7.82 Å². The normalized spacial score (nSPS) is 27.3. The molecule has 0 bridgehead atoms. The van der Waals surface area contributed by atoms with Crippen LogP contribution in [0.4, 0.5) is 5.82 Å². The molecule has 1 amide bonds. The van der Waals surface area contributed by atoms with Gasteiger partial charge in [-0.15, -0.1) is 0 Å². The maximum absolute atomic E-state index is 10.4. The number of nitrogen functional groups attached to an aromatic ring is 1. The van der Waals surface area contributed by atoms with Gasteiger partial charge < -0.3 is 46.3 Å². The highest BCUT2D eigenvalue weighted by atomic mass is 31.2. The Hall–Kier alpha value is -1.57. The average molecular weight is 356 g/mol. The molecule has 132 valence electrons. The number of phosphoric acid groups is 1. The second-order valence-electron chi connectivity index (χ2n) is 4.33. The van der Waals surface area contributed by atoms with E-state index >= 15 is 0 Å².